The Labute approximate surface area is 191 Å². The van der Waals surface area contributed by atoms with E-state index in [2.05, 4.69) is 47.9 Å². The van der Waals surface area contributed by atoms with E-state index in [9.17, 15) is 0 Å². The van der Waals surface area contributed by atoms with Gasteiger partial charge in [-0.3, -0.25) is 4.90 Å². The van der Waals surface area contributed by atoms with Crippen molar-refractivity contribution < 1.29 is 4.74 Å². The average molecular weight is 440 g/mol. The number of thiazole rings is 1. The summed E-state index contributed by atoms with van der Waals surface area (Å²) in [5.74, 6) is 0.975. The highest BCUT2D eigenvalue weighted by Gasteiger charge is 2.34. The molecular formula is C26H37N3OS. The van der Waals surface area contributed by atoms with Gasteiger partial charge in [0, 0.05) is 29.1 Å². The van der Waals surface area contributed by atoms with Crippen LogP contribution >= 0.6 is 11.3 Å². The Hall–Kier alpha value is -1.43. The highest BCUT2D eigenvalue weighted by molar-refractivity contribution is 7.15. The van der Waals surface area contributed by atoms with Gasteiger partial charge < -0.3 is 9.64 Å². The molecule has 3 heterocycles. The number of rotatable bonds is 7. The maximum Gasteiger partial charge on any atom is 0.123 e. The quantitative estimate of drug-likeness (QED) is 0.500. The number of hydrogen-bond acceptors (Lipinski definition) is 5. The molecule has 3 atom stereocenters. The minimum Gasteiger partial charge on any atom is -0.494 e. The monoisotopic (exact) mass is 439 g/mol. The van der Waals surface area contributed by atoms with Gasteiger partial charge in [0.2, 0.25) is 0 Å². The number of fused-ring (bicyclic) bond motifs is 1. The van der Waals surface area contributed by atoms with Gasteiger partial charge in [0.15, 0.2) is 0 Å². The summed E-state index contributed by atoms with van der Waals surface area (Å²) in [6, 6.07) is 10.6. The molecule has 0 spiro atoms. The van der Waals surface area contributed by atoms with Gasteiger partial charge in [0.1, 0.15) is 10.8 Å². The van der Waals surface area contributed by atoms with Crippen molar-refractivity contribution in [2.24, 2.45) is 0 Å². The van der Waals surface area contributed by atoms with E-state index in [1.54, 1.807) is 0 Å². The van der Waals surface area contributed by atoms with E-state index in [0.29, 0.717) is 12.1 Å². The lowest BCUT2D eigenvalue weighted by atomic mass is 9.95. The first-order chi connectivity index (χ1) is 15.2. The third-order valence-corrected chi connectivity index (χ3v) is 8.76. The number of hydrogen-bond donors (Lipinski definition) is 0. The van der Waals surface area contributed by atoms with Crippen LogP contribution in [0, 0.1) is 0 Å². The number of aromatic nitrogens is 1. The summed E-state index contributed by atoms with van der Waals surface area (Å²) < 4.78 is 6.02. The van der Waals surface area contributed by atoms with Crippen molar-refractivity contribution in [2.45, 2.75) is 83.3 Å². The maximum absolute atomic E-state index is 6.02. The summed E-state index contributed by atoms with van der Waals surface area (Å²) in [6.07, 6.45) is 10.2. The maximum atomic E-state index is 6.02. The number of likely N-dealkylation sites (tertiary alicyclic amines) is 2. The van der Waals surface area contributed by atoms with Crippen molar-refractivity contribution in [1.29, 1.82) is 0 Å². The van der Waals surface area contributed by atoms with E-state index in [0.717, 1.165) is 31.4 Å². The predicted octanol–water partition coefficient (Wildman–Crippen LogP) is 5.93. The lowest BCUT2D eigenvalue weighted by Crippen LogP contribution is -2.33. The minimum atomic E-state index is 0.534. The topological polar surface area (TPSA) is 28.6 Å². The molecule has 1 aromatic carbocycles. The molecule has 2 aromatic rings. The molecule has 0 radical (unpaired) electrons. The summed E-state index contributed by atoms with van der Waals surface area (Å²) in [5, 5.41) is 1.18. The molecule has 0 bridgehead atoms. The van der Waals surface area contributed by atoms with Crippen LogP contribution in [0.5, 0.6) is 5.75 Å². The Morgan fingerprint density at radius 1 is 1.00 bits per heavy atom. The smallest absolute Gasteiger partial charge is 0.123 e. The fourth-order valence-corrected chi connectivity index (χ4v) is 6.90. The molecule has 5 rings (SSSR count). The zero-order chi connectivity index (χ0) is 21.2. The lowest BCUT2D eigenvalue weighted by molar-refractivity contribution is 0.170. The average Bonchev–Trinajstić information content (AvgIpc) is 3.51. The molecule has 31 heavy (non-hydrogen) atoms. The van der Waals surface area contributed by atoms with Gasteiger partial charge >= 0.3 is 0 Å². The first-order valence-electron chi connectivity index (χ1n) is 12.4. The molecule has 168 valence electrons. The third-order valence-electron chi connectivity index (χ3n) is 7.58. The molecule has 1 aromatic heterocycles. The summed E-state index contributed by atoms with van der Waals surface area (Å²) in [6.45, 7) is 9.17. The van der Waals surface area contributed by atoms with E-state index in [1.165, 1.54) is 79.2 Å². The zero-order valence-electron chi connectivity index (χ0n) is 19.2. The van der Waals surface area contributed by atoms with E-state index >= 15 is 0 Å². The second-order valence-electron chi connectivity index (χ2n) is 9.72. The second kappa shape index (κ2) is 9.60. The van der Waals surface area contributed by atoms with Crippen molar-refractivity contribution in [1.82, 2.24) is 14.8 Å². The standard InChI is InChI=1S/C26H37N3OS/c1-19-7-4-15-28(19)16-6-18-30-22-13-11-21(12-14-22)26-27-25-23(9-3-10-24(25)31-26)29-17-5-8-20(29)2/h11-14,19-20,23H,3-10,15-18H2,1-2H3. The predicted molar refractivity (Wildman–Crippen MR) is 129 cm³/mol. The molecule has 0 saturated carbocycles. The van der Waals surface area contributed by atoms with Crippen LogP contribution in [0.2, 0.25) is 0 Å². The molecular weight excluding hydrogens is 402 g/mol. The van der Waals surface area contributed by atoms with Crippen molar-refractivity contribution in [2.75, 3.05) is 26.2 Å². The Bertz CT molecular complexity index is 864. The largest absolute Gasteiger partial charge is 0.494 e. The summed E-state index contributed by atoms with van der Waals surface area (Å²) in [7, 11) is 0. The second-order valence-corrected chi connectivity index (χ2v) is 10.8. The normalized spacial score (nSPS) is 27.0. The number of benzene rings is 1. The van der Waals surface area contributed by atoms with E-state index in [4.69, 9.17) is 9.72 Å². The molecule has 5 heteroatoms. The van der Waals surface area contributed by atoms with E-state index in [1.807, 2.05) is 11.3 Å². The van der Waals surface area contributed by atoms with Gasteiger partial charge in [0.25, 0.3) is 0 Å². The molecule has 3 aliphatic rings. The summed E-state index contributed by atoms with van der Waals surface area (Å²) in [4.78, 5) is 12.0. The minimum absolute atomic E-state index is 0.534. The lowest BCUT2D eigenvalue weighted by Gasteiger charge is -2.33. The van der Waals surface area contributed by atoms with Crippen LogP contribution in [0.1, 0.15) is 75.4 Å². The molecule has 0 amide bonds. The first-order valence-corrected chi connectivity index (χ1v) is 13.2. The summed E-state index contributed by atoms with van der Waals surface area (Å²) in [5.41, 5.74) is 2.60. The van der Waals surface area contributed by atoms with Crippen LogP contribution in [0.25, 0.3) is 10.6 Å². The van der Waals surface area contributed by atoms with Gasteiger partial charge in [-0.25, -0.2) is 4.98 Å². The van der Waals surface area contributed by atoms with Crippen molar-refractivity contribution in [3.05, 3.63) is 34.8 Å². The van der Waals surface area contributed by atoms with Gasteiger partial charge in [-0.05, 0) is 103 Å². The Morgan fingerprint density at radius 2 is 1.81 bits per heavy atom. The van der Waals surface area contributed by atoms with Crippen LogP contribution in [0.4, 0.5) is 0 Å². The van der Waals surface area contributed by atoms with Crippen molar-refractivity contribution in [3.8, 4) is 16.3 Å². The van der Waals surface area contributed by atoms with Crippen LogP contribution in [-0.4, -0.2) is 53.1 Å². The third kappa shape index (κ3) is 4.69. The van der Waals surface area contributed by atoms with Gasteiger partial charge in [-0.2, -0.15) is 0 Å². The summed E-state index contributed by atoms with van der Waals surface area (Å²) >= 11 is 1.91. The van der Waals surface area contributed by atoms with E-state index < -0.39 is 0 Å². The Balaban J connectivity index is 1.20. The molecule has 2 fully saturated rings. The molecule has 0 N–H and O–H groups in total. The molecule has 2 saturated heterocycles. The Morgan fingerprint density at radius 3 is 2.55 bits per heavy atom. The Kier molecular flexibility index (Phi) is 6.63. The van der Waals surface area contributed by atoms with Crippen LogP contribution in [0.15, 0.2) is 24.3 Å². The van der Waals surface area contributed by atoms with Gasteiger partial charge in [-0.15, -0.1) is 11.3 Å². The molecule has 1 aliphatic carbocycles. The van der Waals surface area contributed by atoms with Gasteiger partial charge in [0.05, 0.1) is 18.3 Å². The zero-order valence-corrected chi connectivity index (χ0v) is 20.0. The van der Waals surface area contributed by atoms with Crippen LogP contribution in [0.3, 0.4) is 0 Å². The highest BCUT2D eigenvalue weighted by atomic mass is 32.1. The molecule has 4 nitrogen and oxygen atoms in total. The van der Waals surface area contributed by atoms with Crippen LogP contribution in [-0.2, 0) is 6.42 Å². The van der Waals surface area contributed by atoms with Crippen molar-refractivity contribution >= 4 is 11.3 Å². The number of ether oxygens (including phenoxy) is 1. The number of nitrogens with zero attached hydrogens (tertiary/aromatic N) is 3. The SMILES string of the molecule is CC1CCCN1CCCOc1ccc(-c2nc3c(s2)CCCC3N2CCCC2C)cc1. The van der Waals surface area contributed by atoms with Crippen molar-refractivity contribution in [3.63, 3.8) is 0 Å². The van der Waals surface area contributed by atoms with E-state index in [-0.39, 0.29) is 0 Å². The fourth-order valence-electron chi connectivity index (χ4n) is 5.74. The van der Waals surface area contributed by atoms with Crippen LogP contribution < -0.4 is 4.74 Å². The molecule has 3 unspecified atom stereocenters. The highest BCUT2D eigenvalue weighted by Crippen LogP contribution is 2.42. The van der Waals surface area contributed by atoms with Gasteiger partial charge in [-0.1, -0.05) is 0 Å². The number of aryl methyl sites for hydroxylation is 1. The fraction of sp³-hybridized carbons (Fsp3) is 0.654. The first kappa shape index (κ1) is 21.4. The molecule has 2 aliphatic heterocycles.